The lowest BCUT2D eigenvalue weighted by atomic mass is 9.92. The molecule has 7 rings (SSSR count). The van der Waals surface area contributed by atoms with E-state index in [1.807, 2.05) is 12.1 Å². The molecule has 0 saturated carbocycles. The first kappa shape index (κ1) is 48.4. The molecule has 354 valence electrons. The second-order valence-electron chi connectivity index (χ2n) is 15.0. The smallest absolute Gasteiger partial charge is 0.432 e. The number of esters is 2. The summed E-state index contributed by atoms with van der Waals surface area (Å²) in [6, 6.07) is 36.3. The third kappa shape index (κ3) is 10.7. The predicted molar refractivity (Wildman–Crippen MR) is 230 cm³/mol. The Bertz CT molecular complexity index is 2520. The number of alkyl halides is 6. The van der Waals surface area contributed by atoms with Gasteiger partial charge in [-0.25, -0.2) is 19.0 Å². The van der Waals surface area contributed by atoms with Crippen molar-refractivity contribution in [2.24, 2.45) is 0 Å². The third-order valence-corrected chi connectivity index (χ3v) is 10.6. The second kappa shape index (κ2) is 20.9. The minimum Gasteiger partial charge on any atom is -0.490 e. The molecule has 68 heavy (non-hydrogen) atoms. The van der Waals surface area contributed by atoms with Gasteiger partial charge in [-0.3, -0.25) is 0 Å². The van der Waals surface area contributed by atoms with Gasteiger partial charge in [0.05, 0.1) is 25.5 Å². The van der Waals surface area contributed by atoms with Crippen molar-refractivity contribution in [1.82, 2.24) is 30.0 Å². The Morgan fingerprint density at radius 1 is 0.500 bits per heavy atom. The number of hydrogen-bond donors (Lipinski definition) is 0. The fourth-order valence-electron chi connectivity index (χ4n) is 7.18. The first-order chi connectivity index (χ1) is 32.7. The lowest BCUT2D eigenvalue weighted by Gasteiger charge is -2.33. The summed E-state index contributed by atoms with van der Waals surface area (Å²) in [6.45, 7) is -1.55. The molecule has 0 aliphatic rings. The quantitative estimate of drug-likeness (QED) is 0.0533. The van der Waals surface area contributed by atoms with Gasteiger partial charge in [-0.2, -0.15) is 26.3 Å². The van der Waals surface area contributed by atoms with E-state index in [1.54, 1.807) is 48.5 Å². The van der Waals surface area contributed by atoms with Crippen molar-refractivity contribution in [1.29, 1.82) is 0 Å². The highest BCUT2D eigenvalue weighted by Crippen LogP contribution is 2.44. The lowest BCUT2D eigenvalue weighted by Crippen LogP contribution is -2.53. The fourth-order valence-corrected chi connectivity index (χ4v) is 7.18. The lowest BCUT2D eigenvalue weighted by molar-refractivity contribution is -0.279. The van der Waals surface area contributed by atoms with Crippen LogP contribution in [0.5, 0.6) is 11.5 Å². The predicted octanol–water partition coefficient (Wildman–Crippen LogP) is 8.39. The summed E-state index contributed by atoms with van der Waals surface area (Å²) in [5.74, 6) is -3.20. The van der Waals surface area contributed by atoms with Crippen LogP contribution in [0.15, 0.2) is 158 Å². The van der Waals surface area contributed by atoms with Crippen LogP contribution in [-0.4, -0.2) is 93.9 Å². The summed E-state index contributed by atoms with van der Waals surface area (Å²) >= 11 is 0. The van der Waals surface area contributed by atoms with Crippen LogP contribution in [-0.2, 0) is 52.8 Å². The summed E-state index contributed by atoms with van der Waals surface area (Å²) in [5.41, 5.74) is -5.69. The van der Waals surface area contributed by atoms with E-state index in [1.165, 1.54) is 82.4 Å². The van der Waals surface area contributed by atoms with Crippen LogP contribution in [0.2, 0.25) is 0 Å². The van der Waals surface area contributed by atoms with E-state index < -0.39 is 72.0 Å². The number of aromatic nitrogens is 6. The number of benzene rings is 5. The van der Waals surface area contributed by atoms with E-state index in [2.05, 4.69) is 20.6 Å². The Morgan fingerprint density at radius 3 is 1.13 bits per heavy atom. The van der Waals surface area contributed by atoms with Gasteiger partial charge in [0.2, 0.25) is 0 Å². The minimum atomic E-state index is -5.25. The SMILES string of the molecule is CO[C@](C(=O)O[C@H](COc1ccc(OC[C@H](Cn2cc(-c3ccccc3)nn2)OC(=O)[C@@](OC)(c2ccccc2)C(F)(F)F)cc1)Cn1cc(-c2ccccc2)nn1)(c1ccccc1)C(F)(F)F. The van der Waals surface area contributed by atoms with Gasteiger partial charge in [0.1, 0.15) is 36.1 Å². The van der Waals surface area contributed by atoms with Gasteiger partial charge in [-0.1, -0.05) is 132 Å². The molecule has 4 atom stereocenters. The normalized spacial score (nSPS) is 14.5. The number of carbonyl (C=O) groups is 2. The topological polar surface area (TPSA) is 151 Å². The van der Waals surface area contributed by atoms with Crippen molar-refractivity contribution >= 4 is 11.9 Å². The molecule has 0 bridgehead atoms. The highest BCUT2D eigenvalue weighted by Gasteiger charge is 2.65. The van der Waals surface area contributed by atoms with Crippen molar-refractivity contribution in [2.75, 3.05) is 27.4 Å². The van der Waals surface area contributed by atoms with Gasteiger partial charge in [0, 0.05) is 36.5 Å². The van der Waals surface area contributed by atoms with Crippen LogP contribution >= 0.6 is 0 Å². The number of ether oxygens (including phenoxy) is 6. The molecule has 0 aliphatic heterocycles. The van der Waals surface area contributed by atoms with Crippen LogP contribution in [0, 0.1) is 0 Å². The van der Waals surface area contributed by atoms with Crippen molar-refractivity contribution in [2.45, 2.75) is 48.9 Å². The Hall–Kier alpha value is -7.58. The summed E-state index contributed by atoms with van der Waals surface area (Å²) in [4.78, 5) is 27.4. The van der Waals surface area contributed by atoms with Gasteiger partial charge in [-0.15, -0.1) is 10.2 Å². The number of nitrogens with zero attached hydrogens (tertiary/aromatic N) is 6. The van der Waals surface area contributed by atoms with Crippen LogP contribution in [0.4, 0.5) is 26.3 Å². The molecule has 0 spiro atoms. The first-order valence-corrected chi connectivity index (χ1v) is 20.7. The second-order valence-corrected chi connectivity index (χ2v) is 15.0. The zero-order chi connectivity index (χ0) is 48.4. The van der Waals surface area contributed by atoms with E-state index in [0.29, 0.717) is 22.5 Å². The van der Waals surface area contributed by atoms with E-state index in [-0.39, 0.29) is 24.6 Å². The molecular weight excluding hydrogens is 903 g/mol. The van der Waals surface area contributed by atoms with Crippen LogP contribution in [0.25, 0.3) is 22.5 Å². The molecule has 0 unspecified atom stereocenters. The molecular formula is C48H42F6N6O8. The zero-order valence-corrected chi connectivity index (χ0v) is 36.2. The average Bonchev–Trinajstić information content (AvgIpc) is 4.02. The monoisotopic (exact) mass is 944 g/mol. The molecule has 5 aromatic carbocycles. The fraction of sp³-hybridized carbons (Fsp3) is 0.250. The van der Waals surface area contributed by atoms with Crippen molar-refractivity contribution in [3.8, 4) is 34.0 Å². The first-order valence-electron chi connectivity index (χ1n) is 20.7. The van der Waals surface area contributed by atoms with Gasteiger partial charge >= 0.3 is 24.3 Å². The molecule has 0 aliphatic carbocycles. The maximum Gasteiger partial charge on any atom is 0.432 e. The average molecular weight is 945 g/mol. The molecule has 0 saturated heterocycles. The Balaban J connectivity index is 1.09. The van der Waals surface area contributed by atoms with Gasteiger partial charge in [0.25, 0.3) is 11.2 Å². The van der Waals surface area contributed by atoms with Crippen molar-refractivity contribution in [3.63, 3.8) is 0 Å². The maximum atomic E-state index is 14.8. The molecule has 20 heteroatoms. The molecule has 2 aromatic heterocycles. The van der Waals surface area contributed by atoms with Gasteiger partial charge in [0.15, 0.2) is 12.2 Å². The maximum absolute atomic E-state index is 14.8. The van der Waals surface area contributed by atoms with Crippen molar-refractivity contribution < 1.29 is 64.4 Å². The number of carbonyl (C=O) groups excluding carboxylic acids is 2. The summed E-state index contributed by atoms with van der Waals surface area (Å²) < 4.78 is 124. The number of halogens is 6. The molecule has 2 heterocycles. The zero-order valence-electron chi connectivity index (χ0n) is 36.2. The van der Waals surface area contributed by atoms with Gasteiger partial charge in [-0.05, 0) is 24.3 Å². The number of methoxy groups -OCH3 is 2. The van der Waals surface area contributed by atoms with E-state index in [4.69, 9.17) is 28.4 Å². The molecule has 0 amide bonds. The standard InChI is InChI=1S/C48H42F6N6O8/c1-63-45(47(49,50)51,35-19-11-5-12-20-35)43(61)67-39(27-59-29-41(55-57-59)33-15-7-3-8-16-33)31-65-37-23-25-38(26-24-37)66-32-40(28-60-30-42(56-58-60)34-17-9-4-10-18-34)68-44(62)46(64-2,48(52,53)54)36-21-13-6-14-22-36/h3-26,29-30,39-40H,27-28,31-32H2,1-2H3/t39-,40-,45-,46-/m0/s1. The van der Waals surface area contributed by atoms with E-state index >= 15 is 0 Å². The van der Waals surface area contributed by atoms with Crippen molar-refractivity contribution in [3.05, 3.63) is 169 Å². The largest absolute Gasteiger partial charge is 0.490 e. The van der Waals surface area contributed by atoms with Crippen LogP contribution < -0.4 is 9.47 Å². The number of hydrogen-bond acceptors (Lipinski definition) is 12. The van der Waals surface area contributed by atoms with Crippen LogP contribution in [0.3, 0.4) is 0 Å². The third-order valence-electron chi connectivity index (χ3n) is 10.6. The van der Waals surface area contributed by atoms with E-state index in [9.17, 15) is 35.9 Å². The molecule has 14 nitrogen and oxygen atoms in total. The molecule has 0 N–H and O–H groups in total. The Morgan fingerprint density at radius 2 is 0.824 bits per heavy atom. The van der Waals surface area contributed by atoms with Gasteiger partial charge < -0.3 is 28.4 Å². The molecule has 0 fully saturated rings. The molecule has 0 radical (unpaired) electrons. The Labute approximate surface area is 384 Å². The summed E-state index contributed by atoms with van der Waals surface area (Å²) in [7, 11) is 1.51. The molecule has 7 aromatic rings. The highest BCUT2D eigenvalue weighted by molar-refractivity contribution is 5.83. The Kier molecular flexibility index (Phi) is 14.9. The highest BCUT2D eigenvalue weighted by atomic mass is 19.4. The summed E-state index contributed by atoms with van der Waals surface area (Å²) in [5, 5.41) is 16.4. The minimum absolute atomic E-state index is 0.149. The van der Waals surface area contributed by atoms with E-state index in [0.717, 1.165) is 38.5 Å². The number of rotatable bonds is 20. The van der Waals surface area contributed by atoms with Crippen LogP contribution in [0.1, 0.15) is 11.1 Å². The summed E-state index contributed by atoms with van der Waals surface area (Å²) in [6.07, 6.45) is -10.2.